The lowest BCUT2D eigenvalue weighted by Gasteiger charge is -2.23. The third-order valence-corrected chi connectivity index (χ3v) is 4.49. The average molecular weight is 289 g/mol. The first-order valence-corrected chi connectivity index (χ1v) is 6.93. The minimum atomic E-state index is -3.85. The van der Waals surface area contributed by atoms with Crippen molar-refractivity contribution in [1.82, 2.24) is 9.62 Å². The first kappa shape index (κ1) is 17.4. The van der Waals surface area contributed by atoms with E-state index in [1.165, 1.54) is 20.9 Å². The van der Waals surface area contributed by atoms with Crippen molar-refractivity contribution in [1.29, 1.82) is 5.26 Å². The molecular formula is C11H19N3O4S. The van der Waals surface area contributed by atoms with Gasteiger partial charge in [0, 0.05) is 12.7 Å². The van der Waals surface area contributed by atoms with Gasteiger partial charge in [0.1, 0.15) is 12.1 Å². The minimum Gasteiger partial charge on any atom is -0.480 e. The molecule has 0 aliphatic carbocycles. The molecule has 0 aliphatic heterocycles. The molecule has 108 valence electrons. The largest absolute Gasteiger partial charge is 0.480 e. The van der Waals surface area contributed by atoms with E-state index in [2.05, 4.69) is 5.32 Å². The van der Waals surface area contributed by atoms with Crippen molar-refractivity contribution < 1.29 is 18.3 Å². The lowest BCUT2D eigenvalue weighted by molar-refractivity contribution is -0.137. The van der Waals surface area contributed by atoms with Gasteiger partial charge in [0.25, 0.3) is 0 Å². The highest BCUT2D eigenvalue weighted by atomic mass is 32.2. The summed E-state index contributed by atoms with van der Waals surface area (Å²) >= 11 is 0. The molecule has 0 aliphatic rings. The van der Waals surface area contributed by atoms with Gasteiger partial charge in [-0.25, -0.2) is 8.42 Å². The second kappa shape index (κ2) is 6.04. The van der Waals surface area contributed by atoms with Crippen molar-refractivity contribution >= 4 is 16.0 Å². The number of hydrogen-bond donors (Lipinski definition) is 2. The zero-order valence-corrected chi connectivity index (χ0v) is 12.5. The second-order valence-electron chi connectivity index (χ2n) is 4.70. The summed E-state index contributed by atoms with van der Waals surface area (Å²) in [5.74, 6) is -1.23. The molecule has 0 aromatic rings. The molecule has 0 fully saturated rings. The molecule has 0 aromatic heterocycles. The zero-order chi connectivity index (χ0) is 15.4. The number of nitrogens with one attached hydrogen (secondary N) is 1. The van der Waals surface area contributed by atoms with Crippen LogP contribution >= 0.6 is 0 Å². The monoisotopic (exact) mass is 289 g/mol. The van der Waals surface area contributed by atoms with Crippen LogP contribution in [-0.4, -0.2) is 42.9 Å². The number of carboxylic acid groups (broad SMARTS) is 1. The SMILES string of the molecule is C/C(NC(C)(C)C#N)=C(\C)S(=O)(=O)N(C)CC(=O)O. The molecule has 0 unspecified atom stereocenters. The van der Waals surface area contributed by atoms with Crippen molar-refractivity contribution in [2.24, 2.45) is 0 Å². The molecule has 0 amide bonds. The van der Waals surface area contributed by atoms with Crippen molar-refractivity contribution in [3.05, 3.63) is 10.6 Å². The van der Waals surface area contributed by atoms with Crippen molar-refractivity contribution in [2.75, 3.05) is 13.6 Å². The van der Waals surface area contributed by atoms with E-state index in [-0.39, 0.29) is 4.91 Å². The Morgan fingerprint density at radius 1 is 1.42 bits per heavy atom. The van der Waals surface area contributed by atoms with Crippen molar-refractivity contribution in [3.8, 4) is 6.07 Å². The van der Waals surface area contributed by atoms with Crippen LogP contribution in [0.2, 0.25) is 0 Å². The van der Waals surface area contributed by atoms with Gasteiger partial charge in [0.15, 0.2) is 0 Å². The van der Waals surface area contributed by atoms with Gasteiger partial charge in [0.05, 0.1) is 11.0 Å². The molecule has 2 N–H and O–H groups in total. The number of carboxylic acids is 1. The van der Waals surface area contributed by atoms with E-state index < -0.39 is 28.1 Å². The number of nitrogens with zero attached hydrogens (tertiary/aromatic N) is 2. The molecule has 7 nitrogen and oxygen atoms in total. The molecule has 8 heteroatoms. The molecular weight excluding hydrogens is 270 g/mol. The summed E-state index contributed by atoms with van der Waals surface area (Å²) in [7, 11) is -2.66. The van der Waals surface area contributed by atoms with Gasteiger partial charge in [-0.3, -0.25) is 4.79 Å². The highest BCUT2D eigenvalue weighted by Crippen LogP contribution is 2.16. The van der Waals surface area contributed by atoms with Crippen molar-refractivity contribution in [2.45, 2.75) is 33.2 Å². The number of allylic oxidation sites excluding steroid dienone is 2. The van der Waals surface area contributed by atoms with Crippen molar-refractivity contribution in [3.63, 3.8) is 0 Å². The van der Waals surface area contributed by atoms with E-state index >= 15 is 0 Å². The lowest BCUT2D eigenvalue weighted by atomic mass is 10.1. The summed E-state index contributed by atoms with van der Waals surface area (Å²) in [5.41, 5.74) is -0.601. The molecule has 0 bridgehead atoms. The fraction of sp³-hybridized carbons (Fsp3) is 0.636. The molecule has 0 saturated heterocycles. The number of nitriles is 1. The molecule has 0 radical (unpaired) electrons. The highest BCUT2D eigenvalue weighted by molar-refractivity contribution is 7.93. The van der Waals surface area contributed by atoms with E-state index in [9.17, 15) is 13.2 Å². The van der Waals surface area contributed by atoms with E-state index in [0.717, 1.165) is 4.31 Å². The predicted octanol–water partition coefficient (Wildman–Crippen LogP) is 0.476. The standard InChI is InChI=1S/C11H19N3O4S/c1-8(13-11(3,4)7-12)9(2)19(17,18)14(5)6-10(15)16/h13H,6H2,1-5H3,(H,15,16)/b9-8-. The average Bonchev–Trinajstić information content (AvgIpc) is 2.26. The van der Waals surface area contributed by atoms with E-state index in [1.807, 2.05) is 6.07 Å². The summed E-state index contributed by atoms with van der Waals surface area (Å²) in [6.45, 7) is 5.49. The minimum absolute atomic E-state index is 0.0143. The first-order valence-electron chi connectivity index (χ1n) is 5.49. The maximum atomic E-state index is 12.1. The smallest absolute Gasteiger partial charge is 0.318 e. The molecule has 0 heterocycles. The van der Waals surface area contributed by atoms with Gasteiger partial charge in [-0.2, -0.15) is 9.57 Å². The second-order valence-corrected chi connectivity index (χ2v) is 6.88. The van der Waals surface area contributed by atoms with Crippen LogP contribution < -0.4 is 5.32 Å². The zero-order valence-electron chi connectivity index (χ0n) is 11.7. The lowest BCUT2D eigenvalue weighted by Crippen LogP contribution is -2.39. The summed E-state index contributed by atoms with van der Waals surface area (Å²) < 4.78 is 24.9. The van der Waals surface area contributed by atoms with Gasteiger partial charge in [-0.15, -0.1) is 0 Å². The number of carbonyl (C=O) groups is 1. The summed E-state index contributed by atoms with van der Waals surface area (Å²) in [5, 5.41) is 20.3. The number of aliphatic carboxylic acids is 1. The van der Waals surface area contributed by atoms with Gasteiger partial charge in [-0.1, -0.05) is 0 Å². The van der Waals surface area contributed by atoms with E-state index in [4.69, 9.17) is 10.4 Å². The van der Waals surface area contributed by atoms with Crippen LogP contribution in [0.5, 0.6) is 0 Å². The third-order valence-electron chi connectivity index (χ3n) is 2.46. The van der Waals surface area contributed by atoms with Crippen LogP contribution in [0.25, 0.3) is 0 Å². The normalized spacial score (nSPS) is 13.7. The van der Waals surface area contributed by atoms with Crippen LogP contribution in [0.1, 0.15) is 27.7 Å². The Labute approximate surface area is 113 Å². The maximum Gasteiger partial charge on any atom is 0.318 e. The molecule has 0 spiro atoms. The first-order chi connectivity index (χ1) is 8.44. The van der Waals surface area contributed by atoms with Gasteiger partial charge in [0.2, 0.25) is 10.0 Å². The Bertz CT molecular complexity index is 529. The third kappa shape index (κ3) is 4.89. The van der Waals surface area contributed by atoms with Gasteiger partial charge in [-0.05, 0) is 27.7 Å². The summed E-state index contributed by atoms with van der Waals surface area (Å²) in [4.78, 5) is 10.5. The van der Waals surface area contributed by atoms with Crippen LogP contribution in [0, 0.1) is 11.3 Å². The topological polar surface area (TPSA) is 111 Å². The number of sulfonamides is 1. The number of hydrogen-bond acceptors (Lipinski definition) is 5. The molecule has 0 saturated carbocycles. The Kier molecular flexibility index (Phi) is 5.53. The van der Waals surface area contributed by atoms with Crippen LogP contribution in [0.15, 0.2) is 10.6 Å². The summed E-state index contributed by atoms with van der Waals surface area (Å²) in [6, 6.07) is 1.99. The fourth-order valence-electron chi connectivity index (χ4n) is 1.29. The molecule has 19 heavy (non-hydrogen) atoms. The Morgan fingerprint density at radius 3 is 2.26 bits per heavy atom. The number of rotatable bonds is 6. The Balaban J connectivity index is 5.33. The fourth-order valence-corrected chi connectivity index (χ4v) is 2.47. The number of likely N-dealkylation sites (N-methyl/N-ethyl adjacent to an activating group) is 1. The molecule has 0 aromatic carbocycles. The van der Waals surface area contributed by atoms with Crippen LogP contribution in [0.3, 0.4) is 0 Å². The molecule has 0 rings (SSSR count). The van der Waals surface area contributed by atoms with Gasteiger partial charge < -0.3 is 10.4 Å². The van der Waals surface area contributed by atoms with Crippen LogP contribution in [-0.2, 0) is 14.8 Å². The van der Waals surface area contributed by atoms with Crippen LogP contribution in [0.4, 0.5) is 0 Å². The Morgan fingerprint density at radius 2 is 1.89 bits per heavy atom. The van der Waals surface area contributed by atoms with E-state index in [0.29, 0.717) is 5.70 Å². The highest BCUT2D eigenvalue weighted by Gasteiger charge is 2.26. The molecule has 0 atom stereocenters. The predicted molar refractivity (Wildman–Crippen MR) is 70.4 cm³/mol. The Hall–Kier alpha value is -1.59. The van der Waals surface area contributed by atoms with E-state index in [1.54, 1.807) is 13.8 Å². The maximum absolute atomic E-state index is 12.1. The quantitative estimate of drug-likeness (QED) is 0.735. The van der Waals surface area contributed by atoms with Gasteiger partial charge >= 0.3 is 5.97 Å². The summed E-state index contributed by atoms with van der Waals surface area (Å²) in [6.07, 6.45) is 0.